The van der Waals surface area contributed by atoms with Gasteiger partial charge in [-0.05, 0) is 18.2 Å². The third-order valence-electron chi connectivity index (χ3n) is 3.82. The van der Waals surface area contributed by atoms with Crippen LogP contribution in [0.5, 0.6) is 0 Å². The molecule has 0 bridgehead atoms. The Morgan fingerprint density at radius 2 is 1.96 bits per heavy atom. The number of nitrogens with zero attached hydrogens (tertiary/aromatic N) is 3. The summed E-state index contributed by atoms with van der Waals surface area (Å²) in [6, 6.07) is 3.52. The van der Waals surface area contributed by atoms with E-state index in [-0.39, 0.29) is 23.6 Å². The molecule has 0 unspecified atom stereocenters. The first-order chi connectivity index (χ1) is 11.8. The molecule has 0 radical (unpaired) electrons. The van der Waals surface area contributed by atoms with Crippen molar-refractivity contribution in [3.05, 3.63) is 53.1 Å². The standard InChI is InChI=1S/C17H13ClF3N3O/c1-23(2)14(25)8-24-7-11(18)17-13(24)5-9(6-22-17)10-3-4-12(19)16(21)15(10)20/h3-7H,8H2,1-2H3. The van der Waals surface area contributed by atoms with Gasteiger partial charge in [-0.3, -0.25) is 9.78 Å². The Morgan fingerprint density at radius 1 is 1.24 bits per heavy atom. The van der Waals surface area contributed by atoms with Gasteiger partial charge in [0.1, 0.15) is 12.1 Å². The van der Waals surface area contributed by atoms with E-state index in [1.165, 1.54) is 17.2 Å². The first-order valence-corrected chi connectivity index (χ1v) is 7.65. The van der Waals surface area contributed by atoms with Crippen molar-refractivity contribution in [2.75, 3.05) is 14.1 Å². The molecule has 130 valence electrons. The number of halogens is 4. The van der Waals surface area contributed by atoms with E-state index in [1.54, 1.807) is 24.9 Å². The molecule has 4 nitrogen and oxygen atoms in total. The number of hydrogen-bond donors (Lipinski definition) is 0. The number of amides is 1. The molecule has 0 aliphatic carbocycles. The maximum atomic E-state index is 14.0. The molecule has 0 aliphatic heterocycles. The van der Waals surface area contributed by atoms with E-state index < -0.39 is 17.5 Å². The average Bonchev–Trinajstić information content (AvgIpc) is 2.88. The Balaban J connectivity index is 2.14. The summed E-state index contributed by atoms with van der Waals surface area (Å²) in [6.07, 6.45) is 2.87. The lowest BCUT2D eigenvalue weighted by molar-refractivity contribution is -0.129. The van der Waals surface area contributed by atoms with Gasteiger partial charge in [0.2, 0.25) is 5.91 Å². The van der Waals surface area contributed by atoms with Crippen molar-refractivity contribution < 1.29 is 18.0 Å². The van der Waals surface area contributed by atoms with Gasteiger partial charge in [-0.25, -0.2) is 13.2 Å². The highest BCUT2D eigenvalue weighted by Gasteiger charge is 2.18. The monoisotopic (exact) mass is 367 g/mol. The van der Waals surface area contributed by atoms with E-state index >= 15 is 0 Å². The van der Waals surface area contributed by atoms with Gasteiger partial charge in [-0.2, -0.15) is 0 Å². The molecule has 8 heteroatoms. The molecule has 2 heterocycles. The van der Waals surface area contributed by atoms with Crippen molar-refractivity contribution in [3.8, 4) is 11.1 Å². The van der Waals surface area contributed by atoms with Crippen molar-refractivity contribution in [3.63, 3.8) is 0 Å². The predicted octanol–water partition coefficient (Wildman–Crippen LogP) is 3.86. The predicted molar refractivity (Wildman–Crippen MR) is 88.7 cm³/mol. The van der Waals surface area contributed by atoms with Crippen LogP contribution in [-0.4, -0.2) is 34.5 Å². The molecule has 0 saturated heterocycles. The Hall–Kier alpha value is -2.54. The lowest BCUT2D eigenvalue weighted by Crippen LogP contribution is -2.25. The van der Waals surface area contributed by atoms with Crippen molar-refractivity contribution in [1.82, 2.24) is 14.5 Å². The summed E-state index contributed by atoms with van der Waals surface area (Å²) in [7, 11) is 3.24. The van der Waals surface area contributed by atoms with E-state index in [4.69, 9.17) is 11.6 Å². The van der Waals surface area contributed by atoms with Gasteiger partial charge >= 0.3 is 0 Å². The van der Waals surface area contributed by atoms with Crippen LogP contribution in [0.4, 0.5) is 13.2 Å². The molecule has 0 N–H and O–H groups in total. The highest BCUT2D eigenvalue weighted by atomic mass is 35.5. The molecule has 0 aliphatic rings. The maximum Gasteiger partial charge on any atom is 0.241 e. The third-order valence-corrected chi connectivity index (χ3v) is 4.10. The van der Waals surface area contributed by atoms with E-state index in [0.717, 1.165) is 12.1 Å². The van der Waals surface area contributed by atoms with E-state index in [0.29, 0.717) is 16.1 Å². The highest BCUT2D eigenvalue weighted by molar-refractivity contribution is 6.35. The van der Waals surface area contributed by atoms with Crippen LogP contribution in [0.15, 0.2) is 30.6 Å². The van der Waals surface area contributed by atoms with Gasteiger partial charge in [-0.15, -0.1) is 0 Å². The molecular formula is C17H13ClF3N3O. The normalized spacial score (nSPS) is 11.1. The average molecular weight is 368 g/mol. The maximum absolute atomic E-state index is 14.0. The zero-order valence-corrected chi connectivity index (χ0v) is 14.1. The minimum atomic E-state index is -1.55. The van der Waals surface area contributed by atoms with Gasteiger partial charge in [0, 0.05) is 37.6 Å². The highest BCUT2D eigenvalue weighted by Crippen LogP contribution is 2.30. The van der Waals surface area contributed by atoms with Crippen LogP contribution in [0, 0.1) is 17.5 Å². The number of pyridine rings is 1. The Kier molecular flexibility index (Phi) is 4.43. The summed E-state index contributed by atoms with van der Waals surface area (Å²) < 4.78 is 42.2. The SMILES string of the molecule is CN(C)C(=O)Cn1cc(Cl)c2ncc(-c3ccc(F)c(F)c3F)cc21. The molecule has 0 atom stereocenters. The third kappa shape index (κ3) is 3.07. The van der Waals surface area contributed by atoms with Gasteiger partial charge < -0.3 is 9.47 Å². The summed E-state index contributed by atoms with van der Waals surface area (Å²) in [5.74, 6) is -4.28. The van der Waals surface area contributed by atoms with Crippen molar-refractivity contribution in [2.24, 2.45) is 0 Å². The molecule has 1 amide bonds. The number of hydrogen-bond acceptors (Lipinski definition) is 2. The summed E-state index contributed by atoms with van der Waals surface area (Å²) in [5, 5.41) is 0.332. The summed E-state index contributed by atoms with van der Waals surface area (Å²) in [6.45, 7) is 0.0155. The molecule has 3 aromatic rings. The molecular weight excluding hydrogens is 355 g/mol. The Bertz CT molecular complexity index is 985. The van der Waals surface area contributed by atoms with E-state index in [9.17, 15) is 18.0 Å². The molecule has 2 aromatic heterocycles. The minimum absolute atomic E-state index is 0.0155. The topological polar surface area (TPSA) is 38.1 Å². The van der Waals surface area contributed by atoms with Crippen LogP contribution in [-0.2, 0) is 11.3 Å². The quantitative estimate of drug-likeness (QED) is 0.659. The van der Waals surface area contributed by atoms with Crippen LogP contribution in [0.25, 0.3) is 22.2 Å². The van der Waals surface area contributed by atoms with Gasteiger partial charge in [0.25, 0.3) is 0 Å². The van der Waals surface area contributed by atoms with Crippen molar-refractivity contribution in [2.45, 2.75) is 6.54 Å². The van der Waals surface area contributed by atoms with Gasteiger partial charge in [0.15, 0.2) is 17.5 Å². The summed E-state index contributed by atoms with van der Waals surface area (Å²) in [5.41, 5.74) is 1.04. The van der Waals surface area contributed by atoms with Crippen LogP contribution < -0.4 is 0 Å². The molecule has 0 saturated carbocycles. The fourth-order valence-electron chi connectivity index (χ4n) is 2.44. The number of fused-ring (bicyclic) bond motifs is 1. The molecule has 0 spiro atoms. The van der Waals surface area contributed by atoms with Crippen LogP contribution >= 0.6 is 11.6 Å². The van der Waals surface area contributed by atoms with Crippen LogP contribution in [0.3, 0.4) is 0 Å². The second-order valence-electron chi connectivity index (χ2n) is 5.71. The smallest absolute Gasteiger partial charge is 0.241 e. The van der Waals surface area contributed by atoms with Gasteiger partial charge in [0.05, 0.1) is 10.5 Å². The fourth-order valence-corrected chi connectivity index (χ4v) is 2.70. The zero-order valence-electron chi connectivity index (χ0n) is 13.4. The first-order valence-electron chi connectivity index (χ1n) is 7.28. The van der Waals surface area contributed by atoms with Crippen LogP contribution in [0.2, 0.25) is 5.02 Å². The number of rotatable bonds is 3. The number of carbonyl (C=O) groups excluding carboxylic acids is 1. The summed E-state index contributed by atoms with van der Waals surface area (Å²) >= 11 is 6.12. The first kappa shape index (κ1) is 17.3. The Labute approximate surface area is 146 Å². The number of benzene rings is 1. The number of likely N-dealkylation sites (N-methyl/N-ethyl adjacent to an activating group) is 1. The van der Waals surface area contributed by atoms with E-state index in [2.05, 4.69) is 4.98 Å². The second kappa shape index (κ2) is 6.40. The van der Waals surface area contributed by atoms with Crippen molar-refractivity contribution >= 4 is 28.5 Å². The lowest BCUT2D eigenvalue weighted by atomic mass is 10.1. The second-order valence-corrected chi connectivity index (χ2v) is 6.11. The molecule has 25 heavy (non-hydrogen) atoms. The lowest BCUT2D eigenvalue weighted by Gasteiger charge is -2.12. The number of carbonyl (C=O) groups is 1. The van der Waals surface area contributed by atoms with Gasteiger partial charge in [-0.1, -0.05) is 11.6 Å². The Morgan fingerprint density at radius 3 is 2.64 bits per heavy atom. The van der Waals surface area contributed by atoms with Crippen molar-refractivity contribution in [1.29, 1.82) is 0 Å². The molecule has 0 fully saturated rings. The molecule has 1 aromatic carbocycles. The minimum Gasteiger partial charge on any atom is -0.347 e. The molecule has 3 rings (SSSR count). The largest absolute Gasteiger partial charge is 0.347 e. The summed E-state index contributed by atoms with van der Waals surface area (Å²) in [4.78, 5) is 17.5. The zero-order chi connectivity index (χ0) is 18.3. The fraction of sp³-hybridized carbons (Fsp3) is 0.176. The van der Waals surface area contributed by atoms with Crippen LogP contribution in [0.1, 0.15) is 0 Å². The number of aromatic nitrogens is 2. The van der Waals surface area contributed by atoms with E-state index in [1.807, 2.05) is 0 Å².